The number of carbonyl (C=O) groups excluding carboxylic acids is 2. The van der Waals surface area contributed by atoms with Crippen LogP contribution in [0.15, 0.2) is 23.3 Å². The molecule has 168 valence electrons. The number of nitrogens with one attached hydrogen (secondary N) is 2. The van der Waals surface area contributed by atoms with Crippen LogP contribution in [0.3, 0.4) is 0 Å². The molecule has 2 aliphatic heterocycles. The average Bonchev–Trinajstić information content (AvgIpc) is 2.82. The summed E-state index contributed by atoms with van der Waals surface area (Å²) in [6.07, 6.45) is 7.04. The fourth-order valence-electron chi connectivity index (χ4n) is 4.84. The van der Waals surface area contributed by atoms with Gasteiger partial charge in [0, 0.05) is 57.4 Å². The minimum Gasteiger partial charge on any atom is -0.383 e. The molecule has 1 aromatic rings. The molecule has 9 heteroatoms. The fraction of sp³-hybridized carbons (Fsp3) is 0.636. The first-order valence-corrected chi connectivity index (χ1v) is 11.3. The number of rotatable bonds is 5. The number of hydrogen-bond acceptors (Lipinski definition) is 6. The van der Waals surface area contributed by atoms with Gasteiger partial charge in [-0.15, -0.1) is 0 Å². The predicted molar refractivity (Wildman–Crippen MR) is 120 cm³/mol. The van der Waals surface area contributed by atoms with Crippen molar-refractivity contribution in [1.29, 1.82) is 0 Å². The number of fused-ring (bicyclic) bond motifs is 1. The van der Waals surface area contributed by atoms with Crippen LogP contribution in [-0.2, 0) is 9.59 Å². The number of anilines is 1. The Bertz CT molecular complexity index is 818. The van der Waals surface area contributed by atoms with Crippen LogP contribution in [0.5, 0.6) is 0 Å². The third kappa shape index (κ3) is 4.98. The van der Waals surface area contributed by atoms with Gasteiger partial charge in [-0.3, -0.25) is 19.9 Å². The monoisotopic (exact) mass is 427 g/mol. The molecule has 3 atom stereocenters. The third-order valence-corrected chi connectivity index (χ3v) is 6.72. The van der Waals surface area contributed by atoms with Gasteiger partial charge in [0.05, 0.1) is 12.1 Å². The molecule has 0 radical (unpaired) electrons. The molecule has 3 unspecified atom stereocenters. The first-order valence-electron chi connectivity index (χ1n) is 11.3. The van der Waals surface area contributed by atoms with Crippen molar-refractivity contribution in [3.63, 3.8) is 0 Å². The number of aromatic nitrogens is 1. The summed E-state index contributed by atoms with van der Waals surface area (Å²) in [7, 11) is 1.66. The summed E-state index contributed by atoms with van der Waals surface area (Å²) in [6, 6.07) is 4.13. The lowest BCUT2D eigenvalue weighted by atomic mass is 9.82. The van der Waals surface area contributed by atoms with Crippen molar-refractivity contribution >= 4 is 23.5 Å². The van der Waals surface area contributed by atoms with Crippen LogP contribution in [0.4, 0.5) is 5.82 Å². The minimum absolute atomic E-state index is 0.0982. The summed E-state index contributed by atoms with van der Waals surface area (Å²) in [5.74, 6) is 1.76. The Morgan fingerprint density at radius 3 is 2.71 bits per heavy atom. The second-order valence-corrected chi connectivity index (χ2v) is 8.65. The van der Waals surface area contributed by atoms with Crippen molar-refractivity contribution < 1.29 is 9.59 Å². The topological polar surface area (TPSA) is 116 Å². The molecule has 1 aromatic heterocycles. The first-order chi connectivity index (χ1) is 15.0. The number of hydrogen-bond donors (Lipinski definition) is 3. The number of nitrogens with two attached hydrogens (primary N) is 1. The molecular formula is C22H33N7O2. The van der Waals surface area contributed by atoms with Crippen LogP contribution in [-0.4, -0.2) is 73.0 Å². The second-order valence-electron chi connectivity index (χ2n) is 8.65. The maximum absolute atomic E-state index is 12.7. The van der Waals surface area contributed by atoms with Crippen LogP contribution >= 0.6 is 0 Å². The van der Waals surface area contributed by atoms with Gasteiger partial charge in [-0.2, -0.15) is 0 Å². The fourth-order valence-corrected chi connectivity index (χ4v) is 4.84. The van der Waals surface area contributed by atoms with Gasteiger partial charge in [-0.1, -0.05) is 12.8 Å². The van der Waals surface area contributed by atoms with Crippen LogP contribution in [0.1, 0.15) is 44.1 Å². The summed E-state index contributed by atoms with van der Waals surface area (Å²) in [4.78, 5) is 37.6. The zero-order chi connectivity index (χ0) is 21.8. The Hall–Kier alpha value is -2.68. The van der Waals surface area contributed by atoms with E-state index < -0.39 is 0 Å². The van der Waals surface area contributed by atoms with Gasteiger partial charge in [0.2, 0.25) is 11.8 Å². The quantitative estimate of drug-likeness (QED) is 0.464. The number of pyridine rings is 1. The number of piperazine rings is 1. The van der Waals surface area contributed by atoms with E-state index >= 15 is 0 Å². The Kier molecular flexibility index (Phi) is 6.70. The van der Waals surface area contributed by atoms with Crippen molar-refractivity contribution in [3.8, 4) is 0 Å². The van der Waals surface area contributed by atoms with Crippen LogP contribution in [0, 0.1) is 5.92 Å². The summed E-state index contributed by atoms with van der Waals surface area (Å²) in [5, 5.41) is 6.62. The smallest absolute Gasteiger partial charge is 0.225 e. The van der Waals surface area contributed by atoms with Crippen molar-refractivity contribution in [1.82, 2.24) is 20.5 Å². The first kappa shape index (κ1) is 21.5. The average molecular weight is 428 g/mol. The Balaban J connectivity index is 1.23. The highest BCUT2D eigenvalue weighted by atomic mass is 16.2. The van der Waals surface area contributed by atoms with E-state index in [2.05, 4.69) is 25.5 Å². The standard InChI is InChI=1S/C22H33N7O2/c1-24-21(23)15-6-8-19(25-14-15)28-10-12-29(13-11-28)20(30)9-7-18-26-17-5-3-2-4-16(17)22(31)27-18/h6,8,14,16-18,26H,2-5,7,9-13H2,1H3,(H2,23,24)(H,27,31). The number of aliphatic imine (C=N–C) groups is 1. The van der Waals surface area contributed by atoms with E-state index in [0.29, 0.717) is 31.8 Å². The van der Waals surface area contributed by atoms with E-state index in [1.54, 1.807) is 13.2 Å². The number of carbonyl (C=O) groups is 2. The molecule has 0 spiro atoms. The van der Waals surface area contributed by atoms with Crippen molar-refractivity contribution in [3.05, 3.63) is 23.9 Å². The van der Waals surface area contributed by atoms with Crippen LogP contribution in [0.25, 0.3) is 0 Å². The molecule has 3 aliphatic rings. The van der Waals surface area contributed by atoms with Gasteiger partial charge in [0.15, 0.2) is 0 Å². The Morgan fingerprint density at radius 1 is 1.23 bits per heavy atom. The molecule has 1 saturated carbocycles. The lowest BCUT2D eigenvalue weighted by Crippen LogP contribution is -2.62. The van der Waals surface area contributed by atoms with Gasteiger partial charge in [-0.25, -0.2) is 4.98 Å². The molecule has 2 saturated heterocycles. The number of amidine groups is 1. The van der Waals surface area contributed by atoms with E-state index in [4.69, 9.17) is 5.73 Å². The molecule has 31 heavy (non-hydrogen) atoms. The van der Waals surface area contributed by atoms with E-state index in [0.717, 1.165) is 43.7 Å². The van der Waals surface area contributed by atoms with E-state index in [-0.39, 0.29) is 29.9 Å². The summed E-state index contributed by atoms with van der Waals surface area (Å²) < 4.78 is 0. The molecule has 4 rings (SSSR count). The summed E-state index contributed by atoms with van der Waals surface area (Å²) in [6.45, 7) is 2.85. The zero-order valence-corrected chi connectivity index (χ0v) is 18.2. The van der Waals surface area contributed by atoms with Crippen molar-refractivity contribution in [2.24, 2.45) is 16.6 Å². The van der Waals surface area contributed by atoms with E-state index in [9.17, 15) is 9.59 Å². The molecule has 2 amide bonds. The SMILES string of the molecule is CN=C(N)c1ccc(N2CCN(C(=O)CCC3NC(=O)C4CCCCC4N3)CC2)nc1. The molecule has 0 bridgehead atoms. The molecule has 9 nitrogen and oxygen atoms in total. The third-order valence-electron chi connectivity index (χ3n) is 6.72. The van der Waals surface area contributed by atoms with Crippen LogP contribution in [0.2, 0.25) is 0 Å². The van der Waals surface area contributed by atoms with Crippen molar-refractivity contribution in [2.75, 3.05) is 38.1 Å². The van der Waals surface area contributed by atoms with Gasteiger partial charge >= 0.3 is 0 Å². The van der Waals surface area contributed by atoms with Gasteiger partial charge in [-0.05, 0) is 31.4 Å². The van der Waals surface area contributed by atoms with Crippen molar-refractivity contribution in [2.45, 2.75) is 50.7 Å². The maximum Gasteiger partial charge on any atom is 0.225 e. The Morgan fingerprint density at radius 2 is 2.00 bits per heavy atom. The molecular weight excluding hydrogens is 394 g/mol. The number of amides is 2. The van der Waals surface area contributed by atoms with Gasteiger partial charge in [0.25, 0.3) is 0 Å². The highest BCUT2D eigenvalue weighted by molar-refractivity contribution is 5.97. The summed E-state index contributed by atoms with van der Waals surface area (Å²) in [5.41, 5.74) is 6.63. The van der Waals surface area contributed by atoms with E-state index in [1.807, 2.05) is 17.0 Å². The normalized spacial score (nSPS) is 26.9. The number of nitrogens with zero attached hydrogens (tertiary/aromatic N) is 4. The second kappa shape index (κ2) is 9.64. The zero-order valence-electron chi connectivity index (χ0n) is 18.2. The molecule has 1 aliphatic carbocycles. The maximum atomic E-state index is 12.7. The molecule has 3 fully saturated rings. The lowest BCUT2D eigenvalue weighted by molar-refractivity contribution is -0.134. The van der Waals surface area contributed by atoms with Gasteiger partial charge in [0.1, 0.15) is 11.7 Å². The Labute approximate surface area is 183 Å². The van der Waals surface area contributed by atoms with Gasteiger partial charge < -0.3 is 20.9 Å². The predicted octanol–water partition coefficient (Wildman–Crippen LogP) is 0.450. The van der Waals surface area contributed by atoms with Crippen LogP contribution < -0.4 is 21.3 Å². The summed E-state index contributed by atoms with van der Waals surface area (Å²) >= 11 is 0. The highest BCUT2D eigenvalue weighted by Crippen LogP contribution is 2.27. The lowest BCUT2D eigenvalue weighted by Gasteiger charge is -2.40. The minimum atomic E-state index is -0.0982. The molecule has 3 heterocycles. The van der Waals surface area contributed by atoms with E-state index in [1.165, 1.54) is 6.42 Å². The molecule has 4 N–H and O–H groups in total. The molecule has 0 aromatic carbocycles. The highest BCUT2D eigenvalue weighted by Gasteiger charge is 2.37. The largest absolute Gasteiger partial charge is 0.383 e.